The maximum atomic E-state index is 12.6. The van der Waals surface area contributed by atoms with Gasteiger partial charge in [-0.15, -0.1) is 13.2 Å². The van der Waals surface area contributed by atoms with Crippen molar-refractivity contribution in [2.45, 2.75) is 6.36 Å². The standard InChI is InChI=1S/C17H13F3N2O/c18-17(19,20)23-16-6-2-1-5-14(16)13-8-7-12(21)11-15(13)22-9-3-4-10-22/h1-11H,21H2. The molecule has 0 radical (unpaired) electrons. The zero-order valence-electron chi connectivity index (χ0n) is 11.9. The number of nitrogens with zero attached hydrogens (tertiary/aromatic N) is 1. The summed E-state index contributed by atoms with van der Waals surface area (Å²) in [5.41, 5.74) is 7.96. The first-order valence-electron chi connectivity index (χ1n) is 6.82. The van der Waals surface area contributed by atoms with Gasteiger partial charge < -0.3 is 15.0 Å². The monoisotopic (exact) mass is 318 g/mol. The fraction of sp³-hybridized carbons (Fsp3) is 0.0588. The summed E-state index contributed by atoms with van der Waals surface area (Å²) in [5, 5.41) is 0. The second-order valence-electron chi connectivity index (χ2n) is 4.91. The van der Waals surface area contributed by atoms with E-state index in [1.807, 2.05) is 12.1 Å². The molecule has 23 heavy (non-hydrogen) atoms. The Bertz CT molecular complexity index is 811. The van der Waals surface area contributed by atoms with Crippen LogP contribution in [0.15, 0.2) is 67.0 Å². The van der Waals surface area contributed by atoms with E-state index >= 15 is 0 Å². The molecule has 3 rings (SSSR count). The van der Waals surface area contributed by atoms with E-state index in [9.17, 15) is 13.2 Å². The van der Waals surface area contributed by atoms with Gasteiger partial charge in [-0.2, -0.15) is 0 Å². The lowest BCUT2D eigenvalue weighted by Crippen LogP contribution is -2.17. The van der Waals surface area contributed by atoms with Crippen LogP contribution in [0.1, 0.15) is 0 Å². The van der Waals surface area contributed by atoms with Gasteiger partial charge in [-0.3, -0.25) is 0 Å². The number of aromatic nitrogens is 1. The summed E-state index contributed by atoms with van der Waals surface area (Å²) in [6, 6.07) is 14.7. The van der Waals surface area contributed by atoms with Gasteiger partial charge >= 0.3 is 6.36 Å². The molecule has 0 bridgehead atoms. The summed E-state index contributed by atoms with van der Waals surface area (Å²) in [6.07, 6.45) is -1.16. The van der Waals surface area contributed by atoms with E-state index in [0.29, 0.717) is 22.5 Å². The Balaban J connectivity index is 2.17. The summed E-state index contributed by atoms with van der Waals surface area (Å²) in [4.78, 5) is 0. The maximum absolute atomic E-state index is 12.6. The number of alkyl halides is 3. The lowest BCUT2D eigenvalue weighted by molar-refractivity contribution is -0.274. The van der Waals surface area contributed by atoms with Crippen molar-refractivity contribution >= 4 is 5.69 Å². The van der Waals surface area contributed by atoms with Crippen LogP contribution in [0.5, 0.6) is 5.75 Å². The van der Waals surface area contributed by atoms with Gasteiger partial charge in [0.1, 0.15) is 5.75 Å². The van der Waals surface area contributed by atoms with Gasteiger partial charge in [0.05, 0.1) is 5.69 Å². The third-order valence-corrected chi connectivity index (χ3v) is 3.31. The summed E-state index contributed by atoms with van der Waals surface area (Å²) >= 11 is 0. The highest BCUT2D eigenvalue weighted by Gasteiger charge is 2.32. The van der Waals surface area contributed by atoms with Crippen molar-refractivity contribution in [3.63, 3.8) is 0 Å². The summed E-state index contributed by atoms with van der Waals surface area (Å²) < 4.78 is 43.8. The minimum atomic E-state index is -4.75. The molecular weight excluding hydrogens is 305 g/mol. The second-order valence-corrected chi connectivity index (χ2v) is 4.91. The number of hydrogen-bond donors (Lipinski definition) is 1. The molecule has 3 nitrogen and oxygen atoms in total. The molecule has 0 spiro atoms. The largest absolute Gasteiger partial charge is 0.573 e. The average molecular weight is 318 g/mol. The molecule has 0 aliphatic carbocycles. The Labute approximate surface area is 130 Å². The molecule has 2 aromatic carbocycles. The third-order valence-electron chi connectivity index (χ3n) is 3.31. The quantitative estimate of drug-likeness (QED) is 0.716. The minimum absolute atomic E-state index is 0.252. The number of anilines is 1. The van der Waals surface area contributed by atoms with Crippen LogP contribution in [-0.4, -0.2) is 10.9 Å². The van der Waals surface area contributed by atoms with Crippen molar-refractivity contribution in [1.82, 2.24) is 4.57 Å². The Kier molecular flexibility index (Phi) is 3.73. The van der Waals surface area contributed by atoms with Crippen LogP contribution in [0, 0.1) is 0 Å². The Morgan fingerprint density at radius 3 is 2.26 bits per heavy atom. The van der Waals surface area contributed by atoms with Crippen molar-refractivity contribution in [3.8, 4) is 22.6 Å². The Morgan fingerprint density at radius 1 is 0.870 bits per heavy atom. The van der Waals surface area contributed by atoms with E-state index in [-0.39, 0.29) is 5.75 Å². The van der Waals surface area contributed by atoms with Gasteiger partial charge in [0.2, 0.25) is 0 Å². The SMILES string of the molecule is Nc1ccc(-c2ccccc2OC(F)(F)F)c(-n2cccc2)c1. The zero-order chi connectivity index (χ0) is 16.4. The summed E-state index contributed by atoms with van der Waals surface area (Å²) in [6.45, 7) is 0. The minimum Gasteiger partial charge on any atom is -0.405 e. The summed E-state index contributed by atoms with van der Waals surface area (Å²) in [5.74, 6) is -0.252. The number of nitrogens with two attached hydrogens (primary N) is 1. The van der Waals surface area contributed by atoms with Crippen LogP contribution < -0.4 is 10.5 Å². The maximum Gasteiger partial charge on any atom is 0.573 e. The predicted molar refractivity (Wildman–Crippen MR) is 82.3 cm³/mol. The number of rotatable bonds is 3. The zero-order valence-corrected chi connectivity index (χ0v) is 11.9. The van der Waals surface area contributed by atoms with Gasteiger partial charge in [0, 0.05) is 29.2 Å². The number of nitrogen functional groups attached to an aromatic ring is 1. The van der Waals surface area contributed by atoms with E-state index in [2.05, 4.69) is 4.74 Å². The van der Waals surface area contributed by atoms with Crippen molar-refractivity contribution in [2.24, 2.45) is 0 Å². The summed E-state index contributed by atoms with van der Waals surface area (Å²) in [7, 11) is 0. The first-order chi connectivity index (χ1) is 10.9. The fourth-order valence-electron chi connectivity index (χ4n) is 2.39. The molecule has 0 unspecified atom stereocenters. The van der Waals surface area contributed by atoms with Gasteiger partial charge in [0.15, 0.2) is 0 Å². The van der Waals surface area contributed by atoms with Crippen molar-refractivity contribution in [2.75, 3.05) is 5.73 Å². The molecule has 2 N–H and O–H groups in total. The topological polar surface area (TPSA) is 40.2 Å². The van der Waals surface area contributed by atoms with Crippen LogP contribution in [0.2, 0.25) is 0 Å². The van der Waals surface area contributed by atoms with Crippen LogP contribution in [0.4, 0.5) is 18.9 Å². The fourth-order valence-corrected chi connectivity index (χ4v) is 2.39. The van der Waals surface area contributed by atoms with Crippen LogP contribution >= 0.6 is 0 Å². The smallest absolute Gasteiger partial charge is 0.405 e. The third kappa shape index (κ3) is 3.31. The molecule has 118 valence electrons. The number of halogens is 3. The molecule has 0 saturated carbocycles. The van der Waals surface area contributed by atoms with Gasteiger partial charge in [0.25, 0.3) is 0 Å². The van der Waals surface area contributed by atoms with Crippen LogP contribution in [-0.2, 0) is 0 Å². The van der Waals surface area contributed by atoms with Crippen molar-refractivity contribution in [3.05, 3.63) is 67.0 Å². The van der Waals surface area contributed by atoms with Gasteiger partial charge in [-0.05, 0) is 30.3 Å². The molecular formula is C17H13F3N2O. The number of para-hydroxylation sites is 1. The predicted octanol–water partition coefficient (Wildman–Crippen LogP) is 4.63. The van der Waals surface area contributed by atoms with Gasteiger partial charge in [-0.25, -0.2) is 0 Å². The molecule has 0 fully saturated rings. The number of benzene rings is 2. The first kappa shape index (κ1) is 15.0. The van der Waals surface area contributed by atoms with E-state index in [0.717, 1.165) is 0 Å². The Morgan fingerprint density at radius 2 is 1.57 bits per heavy atom. The second kappa shape index (κ2) is 5.72. The first-order valence-corrected chi connectivity index (χ1v) is 6.82. The van der Waals surface area contributed by atoms with E-state index in [1.54, 1.807) is 47.3 Å². The molecule has 6 heteroatoms. The lowest BCUT2D eigenvalue weighted by atomic mass is 10.0. The number of ether oxygens (including phenoxy) is 1. The number of hydrogen-bond acceptors (Lipinski definition) is 2. The highest BCUT2D eigenvalue weighted by molar-refractivity contribution is 5.79. The average Bonchev–Trinajstić information content (AvgIpc) is 3.00. The van der Waals surface area contributed by atoms with Crippen molar-refractivity contribution in [1.29, 1.82) is 0 Å². The highest BCUT2D eigenvalue weighted by atomic mass is 19.4. The molecule has 0 aliphatic heterocycles. The Hall–Kier alpha value is -2.89. The molecule has 1 aromatic heterocycles. The molecule has 0 atom stereocenters. The molecule has 3 aromatic rings. The van der Waals surface area contributed by atoms with E-state index in [4.69, 9.17) is 5.73 Å². The van der Waals surface area contributed by atoms with Crippen LogP contribution in [0.3, 0.4) is 0 Å². The van der Waals surface area contributed by atoms with Crippen molar-refractivity contribution < 1.29 is 17.9 Å². The molecule has 1 heterocycles. The normalized spacial score (nSPS) is 11.4. The lowest BCUT2D eigenvalue weighted by Gasteiger charge is -2.16. The molecule has 0 saturated heterocycles. The van der Waals surface area contributed by atoms with E-state index < -0.39 is 6.36 Å². The van der Waals surface area contributed by atoms with E-state index in [1.165, 1.54) is 12.1 Å². The molecule has 0 aliphatic rings. The van der Waals surface area contributed by atoms with Gasteiger partial charge in [-0.1, -0.05) is 24.3 Å². The molecule has 0 amide bonds. The van der Waals surface area contributed by atoms with Crippen LogP contribution in [0.25, 0.3) is 16.8 Å². The highest BCUT2D eigenvalue weighted by Crippen LogP contribution is 2.37.